The molecular formula is C17H32O4. The molecule has 0 heterocycles. The van der Waals surface area contributed by atoms with E-state index < -0.39 is 0 Å². The zero-order valence-electron chi connectivity index (χ0n) is 14.2. The van der Waals surface area contributed by atoms with Crippen LogP contribution in [0.15, 0.2) is 0 Å². The molecule has 0 rings (SSSR count). The van der Waals surface area contributed by atoms with Crippen molar-refractivity contribution in [3.05, 3.63) is 0 Å². The van der Waals surface area contributed by atoms with Crippen LogP contribution in [0.25, 0.3) is 0 Å². The number of esters is 2. The van der Waals surface area contributed by atoms with Gasteiger partial charge in [0.2, 0.25) is 0 Å². The molecule has 0 saturated heterocycles. The molecule has 0 spiro atoms. The van der Waals surface area contributed by atoms with Gasteiger partial charge in [0.15, 0.2) is 0 Å². The van der Waals surface area contributed by atoms with Crippen LogP contribution in [0.5, 0.6) is 0 Å². The number of ether oxygens (including phenoxy) is 2. The van der Waals surface area contributed by atoms with E-state index in [1.165, 1.54) is 0 Å². The van der Waals surface area contributed by atoms with Gasteiger partial charge in [-0.25, -0.2) is 0 Å². The van der Waals surface area contributed by atoms with E-state index in [1.807, 2.05) is 13.8 Å². The van der Waals surface area contributed by atoms with E-state index in [4.69, 9.17) is 9.47 Å². The lowest BCUT2D eigenvalue weighted by atomic mass is 9.91. The molecule has 2 atom stereocenters. The zero-order valence-corrected chi connectivity index (χ0v) is 14.2. The van der Waals surface area contributed by atoms with Crippen molar-refractivity contribution in [3.8, 4) is 0 Å². The van der Waals surface area contributed by atoms with Crippen LogP contribution in [0.4, 0.5) is 0 Å². The zero-order chi connectivity index (χ0) is 16.1. The van der Waals surface area contributed by atoms with E-state index in [0.717, 1.165) is 25.7 Å². The van der Waals surface area contributed by atoms with Crippen molar-refractivity contribution in [3.63, 3.8) is 0 Å². The molecule has 0 aliphatic rings. The predicted molar refractivity (Wildman–Crippen MR) is 83.9 cm³/mol. The smallest absolute Gasteiger partial charge is 0.308 e. The molecule has 0 amide bonds. The topological polar surface area (TPSA) is 52.6 Å². The Bertz CT molecular complexity index is 261. The summed E-state index contributed by atoms with van der Waals surface area (Å²) in [5.41, 5.74) is 0. The van der Waals surface area contributed by atoms with E-state index in [1.54, 1.807) is 0 Å². The van der Waals surface area contributed by atoms with Gasteiger partial charge in [0.05, 0.1) is 25.0 Å². The standard InChI is InChI=1S/C17H32O4/c1-5-9-11-20-16(18)14(7-3)13-15(8-4)17(19)21-12-10-6-2/h14-15H,5-13H2,1-4H3. The number of unbranched alkanes of at least 4 members (excludes halogenated alkanes) is 2. The minimum Gasteiger partial charge on any atom is -0.465 e. The molecule has 21 heavy (non-hydrogen) atoms. The molecule has 0 aliphatic heterocycles. The van der Waals surface area contributed by atoms with E-state index in [0.29, 0.717) is 32.5 Å². The molecule has 0 fully saturated rings. The summed E-state index contributed by atoms with van der Waals surface area (Å²) in [6.45, 7) is 8.99. The fraction of sp³-hybridized carbons (Fsp3) is 0.882. The van der Waals surface area contributed by atoms with Crippen LogP contribution in [0.1, 0.15) is 72.6 Å². The Kier molecular flexibility index (Phi) is 12.0. The average molecular weight is 300 g/mol. The lowest BCUT2D eigenvalue weighted by molar-refractivity contribution is -0.153. The highest BCUT2D eigenvalue weighted by Gasteiger charge is 2.27. The van der Waals surface area contributed by atoms with Gasteiger partial charge in [-0.3, -0.25) is 9.59 Å². The maximum Gasteiger partial charge on any atom is 0.308 e. The van der Waals surface area contributed by atoms with Crippen molar-refractivity contribution in [2.45, 2.75) is 72.6 Å². The summed E-state index contributed by atoms with van der Waals surface area (Å²) in [5.74, 6) is -0.757. The molecule has 0 radical (unpaired) electrons. The minimum atomic E-state index is -0.203. The average Bonchev–Trinajstić information content (AvgIpc) is 2.48. The first-order valence-electron chi connectivity index (χ1n) is 8.43. The van der Waals surface area contributed by atoms with Gasteiger partial charge in [-0.15, -0.1) is 0 Å². The Hall–Kier alpha value is -1.06. The van der Waals surface area contributed by atoms with Crippen LogP contribution in [-0.2, 0) is 19.1 Å². The van der Waals surface area contributed by atoms with Gasteiger partial charge >= 0.3 is 11.9 Å². The summed E-state index contributed by atoms with van der Waals surface area (Å²) in [7, 11) is 0. The van der Waals surface area contributed by atoms with Crippen LogP contribution in [-0.4, -0.2) is 25.2 Å². The SMILES string of the molecule is CCCCOC(=O)C(CC)CC(CC)C(=O)OCCCC. The highest BCUT2D eigenvalue weighted by atomic mass is 16.5. The van der Waals surface area contributed by atoms with Crippen molar-refractivity contribution >= 4 is 11.9 Å². The van der Waals surface area contributed by atoms with Crippen LogP contribution >= 0.6 is 0 Å². The summed E-state index contributed by atoms with van der Waals surface area (Å²) >= 11 is 0. The first-order chi connectivity index (χ1) is 10.1. The van der Waals surface area contributed by atoms with Gasteiger partial charge in [0.1, 0.15) is 0 Å². The molecule has 124 valence electrons. The van der Waals surface area contributed by atoms with Gasteiger partial charge in [0.25, 0.3) is 0 Å². The fourth-order valence-electron chi connectivity index (χ4n) is 2.07. The fourth-order valence-corrected chi connectivity index (χ4v) is 2.07. The summed E-state index contributed by atoms with van der Waals surface area (Å²) in [6.07, 6.45) is 5.71. The molecule has 0 N–H and O–H groups in total. The number of carbonyl (C=O) groups is 2. The monoisotopic (exact) mass is 300 g/mol. The van der Waals surface area contributed by atoms with Crippen molar-refractivity contribution in [2.75, 3.05) is 13.2 Å². The summed E-state index contributed by atoms with van der Waals surface area (Å²) in [4.78, 5) is 24.0. The third-order valence-electron chi connectivity index (χ3n) is 3.71. The Labute approximate surface area is 129 Å². The third-order valence-corrected chi connectivity index (χ3v) is 3.71. The molecule has 0 bridgehead atoms. The van der Waals surface area contributed by atoms with Crippen molar-refractivity contribution in [2.24, 2.45) is 11.8 Å². The molecule has 4 nitrogen and oxygen atoms in total. The molecular weight excluding hydrogens is 268 g/mol. The molecule has 0 aliphatic carbocycles. The first kappa shape index (κ1) is 19.9. The lowest BCUT2D eigenvalue weighted by Gasteiger charge is -2.19. The van der Waals surface area contributed by atoms with E-state index in [9.17, 15) is 9.59 Å². The van der Waals surface area contributed by atoms with Crippen LogP contribution in [0.2, 0.25) is 0 Å². The molecule has 0 saturated carbocycles. The van der Waals surface area contributed by atoms with Gasteiger partial charge in [-0.1, -0.05) is 40.5 Å². The highest BCUT2D eigenvalue weighted by Crippen LogP contribution is 2.21. The van der Waals surface area contributed by atoms with Crippen LogP contribution < -0.4 is 0 Å². The van der Waals surface area contributed by atoms with Gasteiger partial charge in [0, 0.05) is 0 Å². The predicted octanol–water partition coefficient (Wildman–Crippen LogP) is 4.12. The number of carbonyl (C=O) groups excluding carboxylic acids is 2. The molecule has 2 unspecified atom stereocenters. The largest absolute Gasteiger partial charge is 0.465 e. The second kappa shape index (κ2) is 12.7. The van der Waals surface area contributed by atoms with Gasteiger partial charge < -0.3 is 9.47 Å². The molecule has 4 heteroatoms. The summed E-state index contributed by atoms with van der Waals surface area (Å²) in [5, 5.41) is 0. The number of hydrogen-bond donors (Lipinski definition) is 0. The summed E-state index contributed by atoms with van der Waals surface area (Å²) < 4.78 is 10.5. The second-order valence-electron chi connectivity index (χ2n) is 5.49. The Balaban J connectivity index is 4.32. The third kappa shape index (κ3) is 8.74. The van der Waals surface area contributed by atoms with Crippen molar-refractivity contribution in [1.82, 2.24) is 0 Å². The summed E-state index contributed by atoms with van der Waals surface area (Å²) in [6, 6.07) is 0. The normalized spacial score (nSPS) is 13.5. The first-order valence-corrected chi connectivity index (χ1v) is 8.43. The number of rotatable bonds is 12. The molecule has 0 aromatic heterocycles. The van der Waals surface area contributed by atoms with Crippen LogP contribution in [0, 0.1) is 11.8 Å². The van der Waals surface area contributed by atoms with Gasteiger partial charge in [-0.05, 0) is 32.1 Å². The minimum absolute atomic E-state index is 0.175. The van der Waals surface area contributed by atoms with Gasteiger partial charge in [-0.2, -0.15) is 0 Å². The van der Waals surface area contributed by atoms with Crippen molar-refractivity contribution < 1.29 is 19.1 Å². The highest BCUT2D eigenvalue weighted by molar-refractivity contribution is 5.76. The lowest BCUT2D eigenvalue weighted by Crippen LogP contribution is -2.26. The molecule has 0 aromatic rings. The van der Waals surface area contributed by atoms with E-state index in [-0.39, 0.29) is 23.8 Å². The van der Waals surface area contributed by atoms with E-state index in [2.05, 4.69) is 13.8 Å². The number of hydrogen-bond acceptors (Lipinski definition) is 4. The quantitative estimate of drug-likeness (QED) is 0.402. The Morgan fingerprint density at radius 3 is 1.43 bits per heavy atom. The van der Waals surface area contributed by atoms with E-state index >= 15 is 0 Å². The maximum atomic E-state index is 12.0. The Morgan fingerprint density at radius 1 is 0.762 bits per heavy atom. The maximum absolute atomic E-state index is 12.0. The molecule has 0 aromatic carbocycles. The second-order valence-corrected chi connectivity index (χ2v) is 5.49. The van der Waals surface area contributed by atoms with Crippen LogP contribution in [0.3, 0.4) is 0 Å². The Morgan fingerprint density at radius 2 is 1.14 bits per heavy atom. The van der Waals surface area contributed by atoms with Crippen molar-refractivity contribution in [1.29, 1.82) is 0 Å².